The summed E-state index contributed by atoms with van der Waals surface area (Å²) < 4.78 is 50.7. The van der Waals surface area contributed by atoms with E-state index in [2.05, 4.69) is 5.32 Å². The molecular formula is C16H15ClF2N2O3S2. The summed E-state index contributed by atoms with van der Waals surface area (Å²) in [6.45, 7) is 0. The fourth-order valence-corrected chi connectivity index (χ4v) is 3.73. The van der Waals surface area contributed by atoms with Crippen LogP contribution in [0.1, 0.15) is 10.4 Å². The summed E-state index contributed by atoms with van der Waals surface area (Å²) in [5.41, 5.74) is 0.103. The Morgan fingerprint density at radius 2 is 1.85 bits per heavy atom. The molecule has 2 rings (SSSR count). The van der Waals surface area contributed by atoms with Gasteiger partial charge in [-0.2, -0.15) is 8.78 Å². The molecule has 10 heteroatoms. The lowest BCUT2D eigenvalue weighted by atomic mass is 10.2. The number of halogens is 3. The van der Waals surface area contributed by atoms with Gasteiger partial charge in [0.2, 0.25) is 10.0 Å². The number of nitrogens with one attached hydrogen (secondary N) is 1. The van der Waals surface area contributed by atoms with Crippen molar-refractivity contribution in [3.05, 3.63) is 53.1 Å². The van der Waals surface area contributed by atoms with Crippen molar-refractivity contribution < 1.29 is 22.0 Å². The standard InChI is InChI=1S/C16H15ClF2N2O3S2/c1-21(2)26(23,24)10-7-8-12(17)11(9-10)15(22)20-13-5-3-4-6-14(13)25-16(18)19/h3-9,16H,1-2H3,(H,20,22). The lowest BCUT2D eigenvalue weighted by Gasteiger charge is -2.14. The number of hydrogen-bond acceptors (Lipinski definition) is 4. The van der Waals surface area contributed by atoms with Crippen LogP contribution in [0.5, 0.6) is 0 Å². The number of amides is 1. The smallest absolute Gasteiger partial charge is 0.288 e. The topological polar surface area (TPSA) is 66.5 Å². The van der Waals surface area contributed by atoms with Crippen molar-refractivity contribution in [1.29, 1.82) is 0 Å². The maximum atomic E-state index is 12.6. The molecule has 1 amide bonds. The molecular weight excluding hydrogens is 406 g/mol. The summed E-state index contributed by atoms with van der Waals surface area (Å²) in [4.78, 5) is 12.6. The fourth-order valence-electron chi connectivity index (χ4n) is 2.01. The van der Waals surface area contributed by atoms with Crippen molar-refractivity contribution in [3.8, 4) is 0 Å². The number of sulfonamides is 1. The largest absolute Gasteiger partial charge is 0.321 e. The Balaban J connectivity index is 2.37. The van der Waals surface area contributed by atoms with E-state index in [1.165, 1.54) is 38.4 Å². The van der Waals surface area contributed by atoms with Crippen molar-refractivity contribution >= 4 is 45.0 Å². The molecule has 140 valence electrons. The summed E-state index contributed by atoms with van der Waals surface area (Å²) in [6, 6.07) is 9.80. The summed E-state index contributed by atoms with van der Waals surface area (Å²) in [5.74, 6) is -3.35. The molecule has 2 aromatic carbocycles. The van der Waals surface area contributed by atoms with Crippen LogP contribution in [0, 0.1) is 0 Å². The number of carbonyl (C=O) groups excluding carboxylic acids is 1. The number of anilines is 1. The first-order valence-electron chi connectivity index (χ1n) is 7.20. The monoisotopic (exact) mass is 420 g/mol. The van der Waals surface area contributed by atoms with Crippen molar-refractivity contribution in [2.45, 2.75) is 15.5 Å². The van der Waals surface area contributed by atoms with Crippen LogP contribution in [0.4, 0.5) is 14.5 Å². The second kappa shape index (κ2) is 8.34. The molecule has 0 aliphatic carbocycles. The normalized spacial score (nSPS) is 11.8. The SMILES string of the molecule is CN(C)S(=O)(=O)c1ccc(Cl)c(C(=O)Nc2ccccc2SC(F)F)c1. The Kier molecular flexibility index (Phi) is 6.62. The van der Waals surface area contributed by atoms with Crippen molar-refractivity contribution in [1.82, 2.24) is 4.31 Å². The van der Waals surface area contributed by atoms with Gasteiger partial charge in [-0.05, 0) is 30.3 Å². The van der Waals surface area contributed by atoms with Crippen molar-refractivity contribution in [2.75, 3.05) is 19.4 Å². The molecule has 5 nitrogen and oxygen atoms in total. The molecule has 0 aromatic heterocycles. The minimum Gasteiger partial charge on any atom is -0.321 e. The molecule has 0 aliphatic heterocycles. The van der Waals surface area contributed by atoms with Crippen LogP contribution in [0.2, 0.25) is 5.02 Å². The van der Waals surface area contributed by atoms with E-state index in [1.54, 1.807) is 12.1 Å². The first-order valence-corrected chi connectivity index (χ1v) is 9.90. The van der Waals surface area contributed by atoms with Crippen LogP contribution in [0.15, 0.2) is 52.3 Å². The van der Waals surface area contributed by atoms with Gasteiger partial charge >= 0.3 is 0 Å². The van der Waals surface area contributed by atoms with E-state index in [-0.39, 0.29) is 26.1 Å². The Morgan fingerprint density at radius 1 is 1.19 bits per heavy atom. The average Bonchev–Trinajstić information content (AvgIpc) is 2.56. The van der Waals surface area contributed by atoms with Gasteiger partial charge in [0.25, 0.3) is 11.7 Å². The van der Waals surface area contributed by atoms with Crippen LogP contribution in [-0.2, 0) is 10.0 Å². The molecule has 1 N–H and O–H groups in total. The highest BCUT2D eigenvalue weighted by molar-refractivity contribution is 7.99. The molecule has 0 bridgehead atoms. The van der Waals surface area contributed by atoms with Gasteiger partial charge in [0.15, 0.2) is 0 Å². The van der Waals surface area contributed by atoms with Crippen LogP contribution < -0.4 is 5.32 Å². The number of benzene rings is 2. The van der Waals surface area contributed by atoms with Crippen LogP contribution in [0.3, 0.4) is 0 Å². The maximum Gasteiger partial charge on any atom is 0.288 e. The second-order valence-corrected chi connectivity index (χ2v) is 8.85. The van der Waals surface area contributed by atoms with Gasteiger partial charge in [-0.15, -0.1) is 0 Å². The first-order chi connectivity index (χ1) is 12.1. The highest BCUT2D eigenvalue weighted by atomic mass is 35.5. The van der Waals surface area contributed by atoms with Crippen LogP contribution in [-0.4, -0.2) is 38.5 Å². The number of para-hydroxylation sites is 1. The molecule has 0 saturated carbocycles. The summed E-state index contributed by atoms with van der Waals surface area (Å²) in [5, 5.41) is 2.54. The third kappa shape index (κ3) is 4.73. The lowest BCUT2D eigenvalue weighted by Crippen LogP contribution is -2.23. The molecule has 0 radical (unpaired) electrons. The molecule has 0 aliphatic rings. The number of nitrogens with zero attached hydrogens (tertiary/aromatic N) is 1. The van der Waals surface area contributed by atoms with Crippen LogP contribution >= 0.6 is 23.4 Å². The zero-order chi connectivity index (χ0) is 19.5. The summed E-state index contributed by atoms with van der Waals surface area (Å²) in [7, 11) is -1.03. The number of thioether (sulfide) groups is 1. The van der Waals surface area contributed by atoms with Crippen LogP contribution in [0.25, 0.3) is 0 Å². The molecule has 0 spiro atoms. The van der Waals surface area contributed by atoms with Gasteiger partial charge < -0.3 is 5.32 Å². The van der Waals surface area contributed by atoms with E-state index in [1.807, 2.05) is 0 Å². The van der Waals surface area contributed by atoms with Gasteiger partial charge in [-0.1, -0.05) is 35.5 Å². The minimum absolute atomic E-state index is 0.0409. The summed E-state index contributed by atoms with van der Waals surface area (Å²) >= 11 is 6.31. The number of hydrogen-bond donors (Lipinski definition) is 1. The zero-order valence-electron chi connectivity index (χ0n) is 13.7. The third-order valence-corrected chi connectivity index (χ3v) is 6.24. The molecule has 2 aromatic rings. The van der Waals surface area contributed by atoms with E-state index < -0.39 is 21.7 Å². The lowest BCUT2D eigenvalue weighted by molar-refractivity contribution is 0.102. The molecule has 0 saturated heterocycles. The Labute approximate surface area is 159 Å². The van der Waals surface area contributed by atoms with Gasteiger partial charge in [0, 0.05) is 19.0 Å². The Hall–Kier alpha value is -1.68. The maximum absolute atomic E-state index is 12.6. The average molecular weight is 421 g/mol. The zero-order valence-corrected chi connectivity index (χ0v) is 16.1. The molecule has 0 heterocycles. The highest BCUT2D eigenvalue weighted by Crippen LogP contribution is 2.32. The van der Waals surface area contributed by atoms with E-state index in [9.17, 15) is 22.0 Å². The first kappa shape index (κ1) is 20.6. The Morgan fingerprint density at radius 3 is 2.46 bits per heavy atom. The van der Waals surface area contributed by atoms with E-state index in [4.69, 9.17) is 11.6 Å². The minimum atomic E-state index is -3.76. The third-order valence-electron chi connectivity index (χ3n) is 3.31. The fraction of sp³-hybridized carbons (Fsp3) is 0.188. The molecule has 26 heavy (non-hydrogen) atoms. The van der Waals surface area contributed by atoms with Gasteiger partial charge in [-0.25, -0.2) is 12.7 Å². The van der Waals surface area contributed by atoms with Gasteiger partial charge in [-0.3, -0.25) is 4.79 Å². The van der Waals surface area contributed by atoms with Gasteiger partial charge in [0.1, 0.15) is 0 Å². The number of carbonyl (C=O) groups is 1. The molecule has 0 unspecified atom stereocenters. The van der Waals surface area contributed by atoms with Gasteiger partial charge in [0.05, 0.1) is 21.2 Å². The highest BCUT2D eigenvalue weighted by Gasteiger charge is 2.21. The van der Waals surface area contributed by atoms with E-state index >= 15 is 0 Å². The second-order valence-electron chi connectivity index (χ2n) is 5.26. The number of rotatable bonds is 6. The molecule has 0 fully saturated rings. The Bertz CT molecular complexity index is 921. The summed E-state index contributed by atoms with van der Waals surface area (Å²) in [6.07, 6.45) is 0. The number of alkyl halides is 2. The van der Waals surface area contributed by atoms with E-state index in [0.717, 1.165) is 10.4 Å². The predicted molar refractivity (Wildman–Crippen MR) is 98.6 cm³/mol. The quantitative estimate of drug-likeness (QED) is 0.712. The molecule has 0 atom stereocenters. The van der Waals surface area contributed by atoms with E-state index in [0.29, 0.717) is 11.8 Å². The predicted octanol–water partition coefficient (Wildman–Crippen LogP) is 4.16. The van der Waals surface area contributed by atoms with Crippen molar-refractivity contribution in [2.24, 2.45) is 0 Å². The van der Waals surface area contributed by atoms with Crippen molar-refractivity contribution in [3.63, 3.8) is 0 Å².